The fourth-order valence-electron chi connectivity index (χ4n) is 2.07. The smallest absolute Gasteiger partial charge is 0.338 e. The first-order chi connectivity index (χ1) is 8.69. The molecule has 0 aliphatic carbocycles. The third-order valence-electron chi connectivity index (χ3n) is 3.02. The van der Waals surface area contributed by atoms with Crippen LogP contribution in [0.3, 0.4) is 0 Å². The van der Waals surface area contributed by atoms with Crippen molar-refractivity contribution >= 4 is 5.97 Å². The molecule has 0 aromatic heterocycles. The lowest BCUT2D eigenvalue weighted by atomic mass is 10.2. The van der Waals surface area contributed by atoms with Gasteiger partial charge in [0.25, 0.3) is 0 Å². The van der Waals surface area contributed by atoms with Crippen LogP contribution in [-0.2, 0) is 4.74 Å². The highest BCUT2D eigenvalue weighted by molar-refractivity contribution is 5.89. The van der Waals surface area contributed by atoms with Gasteiger partial charge in [-0.15, -0.1) is 0 Å². The van der Waals surface area contributed by atoms with Crippen LogP contribution < -0.4 is 4.74 Å². The Kier molecular flexibility index (Phi) is 4.20. The molecule has 0 amide bonds. The second kappa shape index (κ2) is 5.87. The lowest BCUT2D eigenvalue weighted by molar-refractivity contribution is 0.0526. The highest BCUT2D eigenvalue weighted by atomic mass is 16.5. The molecule has 1 fully saturated rings. The quantitative estimate of drug-likeness (QED) is 0.764. The summed E-state index contributed by atoms with van der Waals surface area (Å²) >= 11 is 0. The zero-order valence-corrected chi connectivity index (χ0v) is 10.9. The lowest BCUT2D eigenvalue weighted by Crippen LogP contribution is -2.21. The van der Waals surface area contributed by atoms with Crippen molar-refractivity contribution in [3.63, 3.8) is 0 Å². The topological polar surface area (TPSA) is 38.8 Å². The number of likely N-dealkylation sites (tertiary alicyclic amines) is 1. The second-order valence-electron chi connectivity index (χ2n) is 4.54. The van der Waals surface area contributed by atoms with E-state index in [9.17, 15) is 4.79 Å². The van der Waals surface area contributed by atoms with Gasteiger partial charge in [-0.25, -0.2) is 4.79 Å². The van der Waals surface area contributed by atoms with Crippen LogP contribution in [0.15, 0.2) is 24.3 Å². The SMILES string of the molecule is CCOC(=O)c1ccc(OC2CCN(C)C2)cc1. The van der Waals surface area contributed by atoms with E-state index in [1.165, 1.54) is 0 Å². The van der Waals surface area contributed by atoms with Crippen molar-refractivity contribution in [2.45, 2.75) is 19.4 Å². The number of carbonyl (C=O) groups is 1. The first-order valence-electron chi connectivity index (χ1n) is 6.31. The van der Waals surface area contributed by atoms with Crippen molar-refractivity contribution in [3.05, 3.63) is 29.8 Å². The van der Waals surface area contributed by atoms with E-state index >= 15 is 0 Å². The molecular formula is C14H19NO3. The number of carbonyl (C=O) groups excluding carboxylic acids is 1. The maximum Gasteiger partial charge on any atom is 0.338 e. The Morgan fingerprint density at radius 2 is 2.11 bits per heavy atom. The molecule has 0 spiro atoms. The van der Waals surface area contributed by atoms with Crippen molar-refractivity contribution in [1.29, 1.82) is 0 Å². The summed E-state index contributed by atoms with van der Waals surface area (Å²) < 4.78 is 10.8. The number of esters is 1. The number of rotatable bonds is 4. The average Bonchev–Trinajstić information content (AvgIpc) is 2.76. The number of nitrogens with zero attached hydrogens (tertiary/aromatic N) is 1. The second-order valence-corrected chi connectivity index (χ2v) is 4.54. The van der Waals surface area contributed by atoms with E-state index in [-0.39, 0.29) is 12.1 Å². The fraction of sp³-hybridized carbons (Fsp3) is 0.500. The van der Waals surface area contributed by atoms with E-state index in [4.69, 9.17) is 9.47 Å². The molecule has 18 heavy (non-hydrogen) atoms. The summed E-state index contributed by atoms with van der Waals surface area (Å²) in [5.74, 6) is 0.521. The van der Waals surface area contributed by atoms with Gasteiger partial charge in [-0.1, -0.05) is 0 Å². The summed E-state index contributed by atoms with van der Waals surface area (Å²) in [6, 6.07) is 7.13. The lowest BCUT2D eigenvalue weighted by Gasteiger charge is -2.13. The summed E-state index contributed by atoms with van der Waals surface area (Å²) in [6.45, 7) is 4.22. The molecular weight excluding hydrogens is 230 g/mol. The molecule has 0 radical (unpaired) electrons. The van der Waals surface area contributed by atoms with Gasteiger partial charge in [-0.3, -0.25) is 0 Å². The zero-order chi connectivity index (χ0) is 13.0. The minimum absolute atomic E-state index is 0.253. The fourth-order valence-corrected chi connectivity index (χ4v) is 2.07. The largest absolute Gasteiger partial charge is 0.489 e. The van der Waals surface area contributed by atoms with Crippen LogP contribution in [0, 0.1) is 0 Å². The monoisotopic (exact) mass is 249 g/mol. The van der Waals surface area contributed by atoms with E-state index in [2.05, 4.69) is 11.9 Å². The molecule has 0 saturated carbocycles. The molecule has 1 aliphatic rings. The standard InChI is InChI=1S/C14H19NO3/c1-3-17-14(16)11-4-6-12(7-5-11)18-13-8-9-15(2)10-13/h4-7,13H,3,8-10H2,1-2H3. The van der Waals surface area contributed by atoms with Crippen molar-refractivity contribution in [2.75, 3.05) is 26.7 Å². The average molecular weight is 249 g/mol. The van der Waals surface area contributed by atoms with E-state index in [0.717, 1.165) is 25.3 Å². The Morgan fingerprint density at radius 3 is 2.67 bits per heavy atom. The third-order valence-corrected chi connectivity index (χ3v) is 3.02. The molecule has 1 aliphatic heterocycles. The Labute approximate surface area is 107 Å². The summed E-state index contributed by atoms with van der Waals surface area (Å²) in [6.07, 6.45) is 1.30. The van der Waals surface area contributed by atoms with E-state index in [1.807, 2.05) is 12.1 Å². The normalized spacial score (nSPS) is 19.8. The summed E-state index contributed by atoms with van der Waals surface area (Å²) in [5, 5.41) is 0. The van der Waals surface area contributed by atoms with Gasteiger partial charge in [0.2, 0.25) is 0 Å². The molecule has 1 aromatic rings. The van der Waals surface area contributed by atoms with Crippen LogP contribution in [0.2, 0.25) is 0 Å². The Hall–Kier alpha value is -1.55. The zero-order valence-electron chi connectivity index (χ0n) is 10.9. The Balaban J connectivity index is 1.93. The molecule has 1 aromatic carbocycles. The van der Waals surface area contributed by atoms with E-state index < -0.39 is 0 Å². The molecule has 1 heterocycles. The molecule has 2 rings (SSSR count). The van der Waals surface area contributed by atoms with Crippen molar-refractivity contribution < 1.29 is 14.3 Å². The molecule has 1 unspecified atom stereocenters. The van der Waals surface area contributed by atoms with E-state index in [1.54, 1.807) is 19.1 Å². The van der Waals surface area contributed by atoms with Gasteiger partial charge < -0.3 is 14.4 Å². The number of hydrogen-bond donors (Lipinski definition) is 0. The molecule has 1 saturated heterocycles. The minimum atomic E-state index is -0.287. The highest BCUT2D eigenvalue weighted by Crippen LogP contribution is 2.18. The van der Waals surface area contributed by atoms with Crippen molar-refractivity contribution in [3.8, 4) is 5.75 Å². The third kappa shape index (κ3) is 3.23. The first kappa shape index (κ1) is 12.9. The van der Waals surface area contributed by atoms with Crippen LogP contribution >= 0.6 is 0 Å². The molecule has 4 heteroatoms. The van der Waals surface area contributed by atoms with E-state index in [0.29, 0.717) is 12.2 Å². The van der Waals surface area contributed by atoms with Gasteiger partial charge in [-0.05, 0) is 44.7 Å². The molecule has 1 atom stereocenters. The maximum atomic E-state index is 11.5. The first-order valence-corrected chi connectivity index (χ1v) is 6.31. The summed E-state index contributed by atoms with van der Waals surface area (Å²) in [5.41, 5.74) is 0.563. The van der Waals surface area contributed by atoms with Crippen LogP contribution in [-0.4, -0.2) is 43.7 Å². The predicted octanol–water partition coefficient (Wildman–Crippen LogP) is 1.95. The van der Waals surface area contributed by atoms with Crippen molar-refractivity contribution in [1.82, 2.24) is 4.90 Å². The van der Waals surface area contributed by atoms with Gasteiger partial charge in [0.15, 0.2) is 0 Å². The number of ether oxygens (including phenoxy) is 2. The van der Waals surface area contributed by atoms with Gasteiger partial charge in [0.05, 0.1) is 12.2 Å². The van der Waals surface area contributed by atoms with Crippen molar-refractivity contribution in [2.24, 2.45) is 0 Å². The minimum Gasteiger partial charge on any atom is -0.489 e. The Morgan fingerprint density at radius 1 is 1.39 bits per heavy atom. The molecule has 0 N–H and O–H groups in total. The van der Waals surface area contributed by atoms with Gasteiger partial charge >= 0.3 is 5.97 Å². The maximum absolute atomic E-state index is 11.5. The summed E-state index contributed by atoms with van der Waals surface area (Å²) in [7, 11) is 2.09. The number of hydrogen-bond acceptors (Lipinski definition) is 4. The highest BCUT2D eigenvalue weighted by Gasteiger charge is 2.20. The van der Waals surface area contributed by atoms with Crippen LogP contribution in [0.4, 0.5) is 0 Å². The Bertz CT molecular complexity index is 402. The van der Waals surface area contributed by atoms with Gasteiger partial charge in [0.1, 0.15) is 11.9 Å². The van der Waals surface area contributed by atoms with Gasteiger partial charge in [-0.2, -0.15) is 0 Å². The van der Waals surface area contributed by atoms with Crippen LogP contribution in [0.1, 0.15) is 23.7 Å². The van der Waals surface area contributed by atoms with Gasteiger partial charge in [0, 0.05) is 13.1 Å². The number of likely N-dealkylation sites (N-methyl/N-ethyl adjacent to an activating group) is 1. The van der Waals surface area contributed by atoms with Crippen LogP contribution in [0.5, 0.6) is 5.75 Å². The van der Waals surface area contributed by atoms with Crippen LogP contribution in [0.25, 0.3) is 0 Å². The molecule has 0 bridgehead atoms. The summed E-state index contributed by atoms with van der Waals surface area (Å²) in [4.78, 5) is 13.7. The molecule has 98 valence electrons. The predicted molar refractivity (Wildman–Crippen MR) is 68.9 cm³/mol. The number of benzene rings is 1. The molecule has 4 nitrogen and oxygen atoms in total.